The zero-order valence-electron chi connectivity index (χ0n) is 10.3. The molecule has 0 saturated heterocycles. The van der Waals surface area contributed by atoms with Crippen molar-refractivity contribution in [1.29, 1.82) is 5.41 Å². The Bertz CT molecular complexity index is 552. The van der Waals surface area contributed by atoms with Crippen LogP contribution in [-0.2, 0) is 11.2 Å². The smallest absolute Gasteiger partial charge is 0.231 e. The number of nitrogens with two attached hydrogens (primary N) is 2. The molecule has 2 aromatic rings. The van der Waals surface area contributed by atoms with Gasteiger partial charge in [0.1, 0.15) is 11.5 Å². The van der Waals surface area contributed by atoms with Crippen LogP contribution in [0.5, 0.6) is 0 Å². The molecule has 9 nitrogen and oxygen atoms in total. The number of H-pyrrole nitrogens is 1. The van der Waals surface area contributed by atoms with Crippen molar-refractivity contribution in [1.82, 2.24) is 24.9 Å². The number of isocyanates is 1. The maximum absolute atomic E-state index is 8.35. The zero-order chi connectivity index (χ0) is 14.3. The largest absolute Gasteiger partial charge is 0.368 e. The van der Waals surface area contributed by atoms with E-state index < -0.39 is 0 Å². The third-order valence-electron chi connectivity index (χ3n) is 2.02. The minimum atomic E-state index is 0.0996. The van der Waals surface area contributed by atoms with Gasteiger partial charge >= 0.3 is 0 Å². The number of nitrogens with zero attached hydrogens (tertiary/aromatic N) is 4. The predicted molar refractivity (Wildman–Crippen MR) is 68.6 cm³/mol. The number of rotatable bonds is 3. The number of hydrogen-bond donors (Lipinski definition) is 4. The fourth-order valence-corrected chi connectivity index (χ4v) is 1.36. The van der Waals surface area contributed by atoms with Crippen LogP contribution in [0.1, 0.15) is 19.2 Å². The van der Waals surface area contributed by atoms with Crippen molar-refractivity contribution in [3.05, 3.63) is 12.0 Å². The van der Waals surface area contributed by atoms with E-state index in [1.165, 1.54) is 0 Å². The summed E-state index contributed by atoms with van der Waals surface area (Å²) in [6, 6.07) is 0. The molecule has 2 rings (SSSR count). The molecule has 9 heteroatoms. The van der Waals surface area contributed by atoms with Crippen LogP contribution < -0.4 is 11.5 Å². The predicted octanol–water partition coefficient (Wildman–Crippen LogP) is 0.280. The van der Waals surface area contributed by atoms with E-state index in [4.69, 9.17) is 21.7 Å². The molecule has 0 unspecified atom stereocenters. The lowest BCUT2D eigenvalue weighted by Crippen LogP contribution is -2.04. The monoisotopic (exact) mass is 262 g/mol. The Hall–Kier alpha value is -2.80. The first-order chi connectivity index (χ1) is 9.10. The van der Waals surface area contributed by atoms with E-state index in [0.29, 0.717) is 11.5 Å². The number of imidazole rings is 1. The summed E-state index contributed by atoms with van der Waals surface area (Å²) >= 11 is 0. The Morgan fingerprint density at radius 2 is 1.84 bits per heavy atom. The zero-order valence-corrected chi connectivity index (χ0v) is 10.3. The van der Waals surface area contributed by atoms with E-state index in [2.05, 4.69) is 31.8 Å². The second-order valence-electron chi connectivity index (χ2n) is 3.46. The molecule has 0 aliphatic heterocycles. The Balaban J connectivity index is 0.000000550. The molecule has 0 saturated carbocycles. The van der Waals surface area contributed by atoms with Crippen LogP contribution >= 0.6 is 0 Å². The van der Waals surface area contributed by atoms with Crippen LogP contribution in [0.4, 0.5) is 11.9 Å². The highest BCUT2D eigenvalue weighted by molar-refractivity contribution is 5.51. The first-order valence-corrected chi connectivity index (χ1v) is 5.46. The van der Waals surface area contributed by atoms with Crippen LogP contribution in [0.15, 0.2) is 6.20 Å². The highest BCUT2D eigenvalue weighted by atomic mass is 16.1. The van der Waals surface area contributed by atoms with E-state index in [-0.39, 0.29) is 11.9 Å². The van der Waals surface area contributed by atoms with E-state index in [0.717, 1.165) is 24.7 Å². The molecule has 0 atom stereocenters. The van der Waals surface area contributed by atoms with Crippen LogP contribution in [0, 0.1) is 5.41 Å². The van der Waals surface area contributed by atoms with Crippen molar-refractivity contribution in [3.8, 4) is 11.5 Å². The average molecular weight is 262 g/mol. The maximum Gasteiger partial charge on any atom is 0.231 e. The van der Waals surface area contributed by atoms with Crippen molar-refractivity contribution in [2.24, 2.45) is 0 Å². The summed E-state index contributed by atoms with van der Waals surface area (Å²) in [6.07, 6.45) is 4.39. The number of anilines is 2. The van der Waals surface area contributed by atoms with Gasteiger partial charge in [-0.3, -0.25) is 0 Å². The molecule has 0 aromatic carbocycles. The van der Waals surface area contributed by atoms with Gasteiger partial charge in [0.15, 0.2) is 5.82 Å². The van der Waals surface area contributed by atoms with Crippen molar-refractivity contribution in [2.45, 2.75) is 19.8 Å². The molecular weight excluding hydrogens is 248 g/mol. The number of hydrogen-bond acceptors (Lipinski definition) is 8. The lowest BCUT2D eigenvalue weighted by molar-refractivity contribution is 0.563. The number of aryl methyl sites for hydroxylation is 1. The van der Waals surface area contributed by atoms with Crippen molar-refractivity contribution < 1.29 is 4.79 Å². The Kier molecular flexibility index (Phi) is 5.12. The van der Waals surface area contributed by atoms with Crippen molar-refractivity contribution >= 4 is 18.0 Å². The molecule has 6 N–H and O–H groups in total. The maximum atomic E-state index is 8.35. The van der Waals surface area contributed by atoms with E-state index in [1.54, 1.807) is 6.20 Å². The summed E-state index contributed by atoms with van der Waals surface area (Å²) in [5.41, 5.74) is 11.6. The molecule has 0 aliphatic carbocycles. The minimum Gasteiger partial charge on any atom is -0.368 e. The second-order valence-corrected chi connectivity index (χ2v) is 3.46. The summed E-state index contributed by atoms with van der Waals surface area (Å²) in [4.78, 5) is 27.4. The lowest BCUT2D eigenvalue weighted by atomic mass is 10.3. The Labute approximate surface area is 109 Å². The van der Waals surface area contributed by atoms with Crippen molar-refractivity contribution in [3.63, 3.8) is 0 Å². The van der Waals surface area contributed by atoms with Gasteiger partial charge in [0, 0.05) is 12.6 Å². The lowest BCUT2D eigenvalue weighted by Gasteiger charge is -1.97. The minimum absolute atomic E-state index is 0.0996. The fraction of sp³-hybridized carbons (Fsp3) is 0.300. The molecule has 0 fully saturated rings. The molecule has 0 aliphatic rings. The standard InChI is InChI=1S/C9H13N7.CHNO/c1-2-3-6-12-4-5(13-6)7-14-8(10)16-9(11)15-7;2-1-3/h4H,2-3H2,1H3,(H,12,13)(H4,10,11,14,15,16);2H. The van der Waals surface area contributed by atoms with Crippen molar-refractivity contribution in [2.75, 3.05) is 11.5 Å². The molecule has 2 heterocycles. The van der Waals surface area contributed by atoms with Gasteiger partial charge in [-0.2, -0.15) is 15.0 Å². The average Bonchev–Trinajstić information content (AvgIpc) is 2.78. The van der Waals surface area contributed by atoms with Crippen LogP contribution in [0.25, 0.3) is 11.5 Å². The molecule has 2 aromatic heterocycles. The van der Waals surface area contributed by atoms with Crippen LogP contribution in [0.2, 0.25) is 0 Å². The molecule has 0 bridgehead atoms. The molecular formula is C10H14N8O. The summed E-state index contributed by atoms with van der Waals surface area (Å²) in [7, 11) is 0. The number of aromatic amines is 1. The fourth-order valence-electron chi connectivity index (χ4n) is 1.36. The van der Waals surface area contributed by atoms with Gasteiger partial charge < -0.3 is 16.5 Å². The van der Waals surface area contributed by atoms with Gasteiger partial charge in [0.25, 0.3) is 0 Å². The molecule has 100 valence electrons. The SMILES string of the molecule is CCCc1nc(-c2nc(N)nc(N)n2)c[nH]1.N=C=O. The van der Waals surface area contributed by atoms with E-state index in [9.17, 15) is 0 Å². The molecule has 0 spiro atoms. The highest BCUT2D eigenvalue weighted by Gasteiger charge is 2.08. The normalized spacial score (nSPS) is 9.32. The van der Waals surface area contributed by atoms with Gasteiger partial charge in [-0.1, -0.05) is 6.92 Å². The molecule has 0 radical (unpaired) electrons. The topological polar surface area (TPSA) is 160 Å². The van der Waals surface area contributed by atoms with Gasteiger partial charge in [0.2, 0.25) is 18.0 Å². The van der Waals surface area contributed by atoms with Gasteiger partial charge in [-0.15, -0.1) is 0 Å². The van der Waals surface area contributed by atoms with E-state index >= 15 is 0 Å². The van der Waals surface area contributed by atoms with Gasteiger partial charge in [0.05, 0.1) is 0 Å². The Morgan fingerprint density at radius 3 is 2.37 bits per heavy atom. The quantitative estimate of drug-likeness (QED) is 0.456. The van der Waals surface area contributed by atoms with Gasteiger partial charge in [-0.05, 0) is 6.42 Å². The summed E-state index contributed by atoms with van der Waals surface area (Å²) in [5, 5.41) is 5.40. The van der Waals surface area contributed by atoms with Gasteiger partial charge in [-0.25, -0.2) is 15.2 Å². The first-order valence-electron chi connectivity index (χ1n) is 5.46. The number of carbonyl (C=O) groups excluding carboxylic acids is 1. The summed E-state index contributed by atoms with van der Waals surface area (Å²) in [6.45, 7) is 2.08. The third-order valence-corrected chi connectivity index (χ3v) is 2.02. The summed E-state index contributed by atoms with van der Waals surface area (Å²) in [5.74, 6) is 1.49. The summed E-state index contributed by atoms with van der Waals surface area (Å²) < 4.78 is 0. The second kappa shape index (κ2) is 6.82. The van der Waals surface area contributed by atoms with Crippen LogP contribution in [-0.4, -0.2) is 31.0 Å². The number of aromatic nitrogens is 5. The third kappa shape index (κ3) is 4.17. The van der Waals surface area contributed by atoms with E-state index in [1.807, 2.05) is 0 Å². The number of nitrogen functional groups attached to an aromatic ring is 2. The highest BCUT2D eigenvalue weighted by Crippen LogP contribution is 2.14. The molecule has 19 heavy (non-hydrogen) atoms. The first kappa shape index (κ1) is 14.3. The number of nitrogens with one attached hydrogen (secondary N) is 2. The Morgan fingerprint density at radius 1 is 1.26 bits per heavy atom. The molecule has 0 amide bonds. The van der Waals surface area contributed by atoms with Crippen LogP contribution in [0.3, 0.4) is 0 Å².